The number of Topliss-reactive ketones (excluding diaryl/α,β-unsaturated/α-hetero) is 4. The van der Waals surface area contributed by atoms with E-state index in [-0.39, 0.29) is 86.9 Å². The van der Waals surface area contributed by atoms with Crippen LogP contribution in [0.1, 0.15) is 127 Å². The van der Waals surface area contributed by atoms with Gasteiger partial charge < -0.3 is 5.11 Å². The third-order valence-corrected chi connectivity index (χ3v) is 6.25. The van der Waals surface area contributed by atoms with E-state index in [0.29, 0.717) is 12.8 Å². The van der Waals surface area contributed by atoms with E-state index >= 15 is 0 Å². The van der Waals surface area contributed by atoms with E-state index in [1.165, 1.54) is 30.4 Å². The standard InChI is InChI=1S/C15H18O4.C10H18O2.C10H16O2/c1-8(2)13(16)10-5-11(14(17)9(3)4)7-12(6-10)15(18)19;2*1-7(2)9(11)5-6-10(12)8(3)4/h5-9H,1-4H3,(H,18,19);7-8H,5-6H2,1-4H3;5-8H,1-4H3/b;;6-5+. The fourth-order valence-electron chi connectivity index (χ4n) is 3.08. The zero-order chi connectivity index (χ0) is 34.2. The van der Waals surface area contributed by atoms with E-state index < -0.39 is 5.97 Å². The van der Waals surface area contributed by atoms with E-state index in [1.54, 1.807) is 27.7 Å². The number of ketones is 6. The first-order valence-corrected chi connectivity index (χ1v) is 14.9. The number of aromatic carboxylic acids is 1. The Morgan fingerprint density at radius 3 is 0.977 bits per heavy atom. The molecule has 240 valence electrons. The third kappa shape index (κ3) is 17.2. The summed E-state index contributed by atoms with van der Waals surface area (Å²) in [7, 11) is 0. The molecule has 0 saturated carbocycles. The summed E-state index contributed by atoms with van der Waals surface area (Å²) >= 11 is 0. The Morgan fingerprint density at radius 2 is 0.767 bits per heavy atom. The lowest BCUT2D eigenvalue weighted by Crippen LogP contribution is -2.14. The van der Waals surface area contributed by atoms with E-state index in [9.17, 15) is 33.6 Å². The molecule has 0 aliphatic rings. The summed E-state index contributed by atoms with van der Waals surface area (Å²) in [5.41, 5.74) is 0.522. The summed E-state index contributed by atoms with van der Waals surface area (Å²) in [6.07, 6.45) is 3.56. The van der Waals surface area contributed by atoms with Crippen molar-refractivity contribution >= 4 is 40.7 Å². The van der Waals surface area contributed by atoms with Crippen molar-refractivity contribution in [3.63, 3.8) is 0 Å². The summed E-state index contributed by atoms with van der Waals surface area (Å²) in [6, 6.07) is 4.13. The Labute approximate surface area is 257 Å². The molecule has 8 heteroatoms. The summed E-state index contributed by atoms with van der Waals surface area (Å²) in [6.45, 7) is 21.6. The van der Waals surface area contributed by atoms with Crippen LogP contribution in [0.3, 0.4) is 0 Å². The van der Waals surface area contributed by atoms with Crippen LogP contribution in [0.5, 0.6) is 0 Å². The van der Waals surface area contributed by atoms with Crippen LogP contribution in [-0.2, 0) is 19.2 Å². The normalized spacial score (nSPS) is 11.0. The maximum atomic E-state index is 12.0. The van der Waals surface area contributed by atoms with Gasteiger partial charge in [0.2, 0.25) is 0 Å². The maximum absolute atomic E-state index is 12.0. The molecule has 0 radical (unpaired) electrons. The van der Waals surface area contributed by atoms with Gasteiger partial charge in [-0.1, -0.05) is 83.1 Å². The van der Waals surface area contributed by atoms with Crippen molar-refractivity contribution in [1.29, 1.82) is 0 Å². The second-order valence-corrected chi connectivity index (χ2v) is 12.3. The van der Waals surface area contributed by atoms with Crippen molar-refractivity contribution < 1.29 is 38.7 Å². The Hall–Kier alpha value is -3.55. The molecule has 0 fully saturated rings. The number of hydrogen-bond acceptors (Lipinski definition) is 7. The van der Waals surface area contributed by atoms with Gasteiger partial charge in [0.05, 0.1) is 5.56 Å². The Morgan fingerprint density at radius 1 is 0.488 bits per heavy atom. The minimum absolute atomic E-state index is 0.00370. The monoisotopic (exact) mass is 600 g/mol. The molecule has 1 aromatic rings. The fourth-order valence-corrected chi connectivity index (χ4v) is 3.08. The molecule has 0 spiro atoms. The molecule has 0 aliphatic carbocycles. The van der Waals surface area contributed by atoms with Gasteiger partial charge in [-0.25, -0.2) is 4.79 Å². The first-order valence-electron chi connectivity index (χ1n) is 14.9. The lowest BCUT2D eigenvalue weighted by molar-refractivity contribution is -0.127. The zero-order valence-corrected chi connectivity index (χ0v) is 28.1. The van der Waals surface area contributed by atoms with Gasteiger partial charge in [-0.15, -0.1) is 0 Å². The van der Waals surface area contributed by atoms with Gasteiger partial charge in [0.1, 0.15) is 11.6 Å². The zero-order valence-electron chi connectivity index (χ0n) is 28.1. The molecular weight excluding hydrogens is 548 g/mol. The van der Waals surface area contributed by atoms with Crippen molar-refractivity contribution in [2.45, 2.75) is 95.9 Å². The van der Waals surface area contributed by atoms with Crippen molar-refractivity contribution in [2.75, 3.05) is 0 Å². The maximum Gasteiger partial charge on any atom is 0.335 e. The molecule has 0 atom stereocenters. The number of carbonyl (C=O) groups excluding carboxylic acids is 6. The predicted molar refractivity (Wildman–Crippen MR) is 169 cm³/mol. The van der Waals surface area contributed by atoms with Crippen LogP contribution in [0.25, 0.3) is 0 Å². The molecule has 0 aliphatic heterocycles. The van der Waals surface area contributed by atoms with Gasteiger partial charge in [0, 0.05) is 59.5 Å². The average molecular weight is 601 g/mol. The van der Waals surface area contributed by atoms with Gasteiger partial charge in [0.25, 0.3) is 0 Å². The molecule has 8 nitrogen and oxygen atoms in total. The Balaban J connectivity index is 0. The van der Waals surface area contributed by atoms with Gasteiger partial charge in [0.15, 0.2) is 23.1 Å². The number of rotatable bonds is 14. The van der Waals surface area contributed by atoms with Gasteiger partial charge in [-0.2, -0.15) is 0 Å². The van der Waals surface area contributed by atoms with Crippen molar-refractivity contribution in [2.24, 2.45) is 35.5 Å². The van der Waals surface area contributed by atoms with E-state index in [2.05, 4.69) is 0 Å². The lowest BCUT2D eigenvalue weighted by atomic mass is 9.93. The molecular formula is C35H52O8. The first kappa shape index (κ1) is 41.6. The number of carboxylic acids is 1. The van der Waals surface area contributed by atoms with E-state index in [1.807, 2.05) is 55.4 Å². The molecule has 43 heavy (non-hydrogen) atoms. The number of benzene rings is 1. The molecule has 1 aromatic carbocycles. The number of hydrogen-bond donors (Lipinski definition) is 1. The fraction of sp³-hybridized carbons (Fsp3) is 0.571. The second-order valence-electron chi connectivity index (χ2n) is 12.3. The highest BCUT2D eigenvalue weighted by Crippen LogP contribution is 2.17. The quantitative estimate of drug-likeness (QED) is 0.174. The molecule has 0 bridgehead atoms. The number of carboxylic acid groups (broad SMARTS) is 1. The topological polar surface area (TPSA) is 140 Å². The molecule has 0 heterocycles. The van der Waals surface area contributed by atoms with Crippen LogP contribution in [0, 0.1) is 35.5 Å². The smallest absolute Gasteiger partial charge is 0.335 e. The number of allylic oxidation sites excluding steroid dienone is 2. The molecule has 1 N–H and O–H groups in total. The largest absolute Gasteiger partial charge is 0.478 e. The Bertz CT molecular complexity index is 1080. The summed E-state index contributed by atoms with van der Waals surface area (Å²) < 4.78 is 0. The van der Waals surface area contributed by atoms with Crippen molar-refractivity contribution in [3.8, 4) is 0 Å². The summed E-state index contributed by atoms with van der Waals surface area (Å²) in [5.74, 6) is -1.52. The number of carbonyl (C=O) groups is 7. The minimum Gasteiger partial charge on any atom is -0.478 e. The van der Waals surface area contributed by atoms with Crippen LogP contribution in [0.2, 0.25) is 0 Å². The van der Waals surface area contributed by atoms with E-state index in [0.717, 1.165) is 0 Å². The van der Waals surface area contributed by atoms with Crippen LogP contribution < -0.4 is 0 Å². The first-order chi connectivity index (χ1) is 19.6. The Kier molecular flexibility index (Phi) is 19.7. The summed E-state index contributed by atoms with van der Waals surface area (Å²) in [4.78, 5) is 79.3. The highest BCUT2D eigenvalue weighted by Gasteiger charge is 2.19. The molecule has 0 saturated heterocycles. The average Bonchev–Trinajstić information content (AvgIpc) is 2.92. The van der Waals surface area contributed by atoms with Crippen LogP contribution >= 0.6 is 0 Å². The predicted octanol–water partition coefficient (Wildman–Crippen LogP) is 7.27. The van der Waals surface area contributed by atoms with Gasteiger partial charge in [-0.05, 0) is 30.4 Å². The van der Waals surface area contributed by atoms with Gasteiger partial charge >= 0.3 is 5.97 Å². The molecule has 1 rings (SSSR count). The molecule has 0 amide bonds. The second kappa shape index (κ2) is 20.4. The highest BCUT2D eigenvalue weighted by molar-refractivity contribution is 6.05. The highest BCUT2D eigenvalue weighted by atomic mass is 16.4. The van der Waals surface area contributed by atoms with Crippen molar-refractivity contribution in [3.05, 3.63) is 47.0 Å². The van der Waals surface area contributed by atoms with Crippen LogP contribution in [-0.4, -0.2) is 45.8 Å². The van der Waals surface area contributed by atoms with E-state index in [4.69, 9.17) is 5.11 Å². The molecule has 0 aromatic heterocycles. The van der Waals surface area contributed by atoms with Crippen molar-refractivity contribution in [1.82, 2.24) is 0 Å². The van der Waals surface area contributed by atoms with Gasteiger partial charge in [-0.3, -0.25) is 28.8 Å². The summed E-state index contributed by atoms with van der Waals surface area (Å²) in [5, 5.41) is 9.05. The SMILES string of the molecule is CC(C)C(=O)/C=C/C(=O)C(C)C.CC(C)C(=O)CCC(=O)C(C)C.CC(C)C(=O)c1cc(C(=O)O)cc(C(=O)C(C)C)c1. The van der Waals surface area contributed by atoms with Crippen LogP contribution in [0.4, 0.5) is 0 Å². The minimum atomic E-state index is -1.14. The molecule has 0 unspecified atom stereocenters. The third-order valence-electron chi connectivity index (χ3n) is 6.25. The lowest BCUT2D eigenvalue weighted by Gasteiger charge is -2.10. The van der Waals surface area contributed by atoms with Crippen LogP contribution in [0.15, 0.2) is 30.4 Å².